The summed E-state index contributed by atoms with van der Waals surface area (Å²) in [4.78, 5) is 22.1. The van der Waals surface area contributed by atoms with Gasteiger partial charge in [-0.15, -0.1) is 0 Å². The maximum Gasteiger partial charge on any atom is 0.303 e. The first-order valence-corrected chi connectivity index (χ1v) is 6.78. The number of amides is 1. The van der Waals surface area contributed by atoms with Gasteiger partial charge < -0.3 is 15.5 Å². The zero-order valence-corrected chi connectivity index (χ0v) is 11.9. The molecule has 0 bridgehead atoms. The largest absolute Gasteiger partial charge is 0.507 e. The number of hydrogen-bond acceptors (Lipinski definition) is 3. The van der Waals surface area contributed by atoms with Gasteiger partial charge in [-0.25, -0.2) is 0 Å². The number of benzene rings is 1. The molecule has 19 heavy (non-hydrogen) atoms. The quantitative estimate of drug-likeness (QED) is 0.671. The fraction of sp³-hybridized carbons (Fsp3) is 0.385. The minimum Gasteiger partial charge on any atom is -0.507 e. The number of carbonyl (C=O) groups excluding carboxylic acids is 1. The van der Waals surface area contributed by atoms with E-state index in [2.05, 4.69) is 21.2 Å². The summed E-state index contributed by atoms with van der Waals surface area (Å²) in [5.74, 6) is -1.20. The highest BCUT2D eigenvalue weighted by molar-refractivity contribution is 9.10. The third-order valence-corrected chi connectivity index (χ3v) is 3.05. The van der Waals surface area contributed by atoms with Crippen LogP contribution in [-0.2, 0) is 4.79 Å². The summed E-state index contributed by atoms with van der Waals surface area (Å²) in [6, 6.07) is 4.65. The van der Waals surface area contributed by atoms with Gasteiger partial charge in [-0.05, 0) is 31.0 Å². The average Bonchev–Trinajstić information content (AvgIpc) is 2.36. The number of aromatic hydroxyl groups is 1. The fourth-order valence-electron chi connectivity index (χ4n) is 1.57. The van der Waals surface area contributed by atoms with Gasteiger partial charge in [0.15, 0.2) is 0 Å². The van der Waals surface area contributed by atoms with Crippen LogP contribution in [0.4, 0.5) is 0 Å². The summed E-state index contributed by atoms with van der Waals surface area (Å²) in [7, 11) is 0. The minimum absolute atomic E-state index is 0.0634. The van der Waals surface area contributed by atoms with Crippen LogP contribution in [0.3, 0.4) is 0 Å². The number of aliphatic carboxylic acids is 1. The lowest BCUT2D eigenvalue weighted by Gasteiger charge is -2.07. The van der Waals surface area contributed by atoms with E-state index >= 15 is 0 Å². The van der Waals surface area contributed by atoms with Gasteiger partial charge in [-0.3, -0.25) is 9.59 Å². The molecular formula is C13H16BrNO4. The number of hydrogen-bond donors (Lipinski definition) is 3. The summed E-state index contributed by atoms with van der Waals surface area (Å²) in [6.45, 7) is 0.463. The standard InChI is InChI=1S/C13H16BrNO4/c14-9-5-6-11(16)10(8-9)13(19)15-7-3-1-2-4-12(17)18/h5-6,8,16H,1-4,7H2,(H,15,19)(H,17,18). The molecule has 0 radical (unpaired) electrons. The lowest BCUT2D eigenvalue weighted by atomic mass is 10.1. The monoisotopic (exact) mass is 329 g/mol. The summed E-state index contributed by atoms with van der Waals surface area (Å²) >= 11 is 3.23. The Morgan fingerprint density at radius 1 is 1.21 bits per heavy atom. The van der Waals surface area contributed by atoms with E-state index in [0.29, 0.717) is 19.4 Å². The molecule has 0 aliphatic heterocycles. The highest BCUT2D eigenvalue weighted by Gasteiger charge is 2.10. The Kier molecular flexibility index (Phi) is 6.35. The van der Waals surface area contributed by atoms with Crippen LogP contribution in [0.1, 0.15) is 36.0 Å². The van der Waals surface area contributed by atoms with Crippen LogP contribution in [0.25, 0.3) is 0 Å². The van der Waals surface area contributed by atoms with Crippen molar-refractivity contribution >= 4 is 27.8 Å². The number of phenolic OH excluding ortho intramolecular Hbond substituents is 1. The number of carboxylic acid groups (broad SMARTS) is 1. The van der Waals surface area contributed by atoms with Crippen LogP contribution in [-0.4, -0.2) is 28.6 Å². The van der Waals surface area contributed by atoms with Gasteiger partial charge in [-0.2, -0.15) is 0 Å². The minimum atomic E-state index is -0.803. The van der Waals surface area contributed by atoms with Crippen molar-refractivity contribution in [1.82, 2.24) is 5.32 Å². The first-order chi connectivity index (χ1) is 9.00. The Bertz CT molecular complexity index is 462. The zero-order chi connectivity index (χ0) is 14.3. The second-order valence-corrected chi connectivity index (χ2v) is 5.04. The lowest BCUT2D eigenvalue weighted by Crippen LogP contribution is -2.24. The average molecular weight is 330 g/mol. The number of carbonyl (C=O) groups is 2. The van der Waals surface area contributed by atoms with Crippen molar-refractivity contribution in [2.45, 2.75) is 25.7 Å². The van der Waals surface area contributed by atoms with Gasteiger partial charge in [-0.1, -0.05) is 22.4 Å². The molecule has 0 atom stereocenters. The van der Waals surface area contributed by atoms with E-state index in [4.69, 9.17) is 5.11 Å². The van der Waals surface area contributed by atoms with Crippen LogP contribution < -0.4 is 5.32 Å². The highest BCUT2D eigenvalue weighted by atomic mass is 79.9. The van der Waals surface area contributed by atoms with Gasteiger partial charge in [0.2, 0.25) is 0 Å². The van der Waals surface area contributed by atoms with Crippen molar-refractivity contribution in [2.75, 3.05) is 6.54 Å². The molecular weight excluding hydrogens is 314 g/mol. The summed E-state index contributed by atoms with van der Waals surface area (Å²) < 4.78 is 0.719. The molecule has 104 valence electrons. The van der Waals surface area contributed by atoms with Crippen LogP contribution in [0, 0.1) is 0 Å². The summed E-state index contributed by atoms with van der Waals surface area (Å²) in [5, 5.41) is 20.7. The molecule has 6 heteroatoms. The Morgan fingerprint density at radius 3 is 2.63 bits per heavy atom. The van der Waals surface area contributed by atoms with E-state index in [-0.39, 0.29) is 23.6 Å². The summed E-state index contributed by atoms with van der Waals surface area (Å²) in [6.07, 6.45) is 2.22. The van der Waals surface area contributed by atoms with Gasteiger partial charge in [0, 0.05) is 17.4 Å². The van der Waals surface area contributed by atoms with Crippen molar-refractivity contribution in [2.24, 2.45) is 0 Å². The predicted molar refractivity (Wildman–Crippen MR) is 74.2 cm³/mol. The normalized spacial score (nSPS) is 10.2. The number of carboxylic acids is 1. The number of phenols is 1. The topological polar surface area (TPSA) is 86.6 Å². The Hall–Kier alpha value is -1.56. The first kappa shape index (κ1) is 15.5. The number of nitrogens with one attached hydrogen (secondary N) is 1. The van der Waals surface area contributed by atoms with Crippen LogP contribution in [0.5, 0.6) is 5.75 Å². The van der Waals surface area contributed by atoms with E-state index in [1.54, 1.807) is 12.1 Å². The van der Waals surface area contributed by atoms with E-state index in [1.165, 1.54) is 6.07 Å². The molecule has 0 aliphatic rings. The molecule has 0 fully saturated rings. The molecule has 0 aromatic heterocycles. The number of rotatable bonds is 7. The third-order valence-electron chi connectivity index (χ3n) is 2.56. The fourth-order valence-corrected chi connectivity index (χ4v) is 1.93. The van der Waals surface area contributed by atoms with E-state index in [1.807, 2.05) is 0 Å². The molecule has 0 heterocycles. The van der Waals surface area contributed by atoms with Gasteiger partial charge in [0.05, 0.1) is 5.56 Å². The van der Waals surface area contributed by atoms with E-state index in [9.17, 15) is 14.7 Å². The highest BCUT2D eigenvalue weighted by Crippen LogP contribution is 2.21. The van der Waals surface area contributed by atoms with Crippen molar-refractivity contribution in [3.8, 4) is 5.75 Å². The number of unbranched alkanes of at least 4 members (excludes halogenated alkanes) is 2. The van der Waals surface area contributed by atoms with Gasteiger partial charge in [0.25, 0.3) is 5.91 Å². The van der Waals surface area contributed by atoms with Crippen molar-refractivity contribution < 1.29 is 19.8 Å². The summed E-state index contributed by atoms with van der Waals surface area (Å²) in [5.41, 5.74) is 0.222. The molecule has 0 saturated carbocycles. The van der Waals surface area contributed by atoms with Crippen LogP contribution in [0.15, 0.2) is 22.7 Å². The Balaban J connectivity index is 2.31. The molecule has 1 amide bonds. The van der Waals surface area contributed by atoms with Crippen LogP contribution in [0.2, 0.25) is 0 Å². The maximum absolute atomic E-state index is 11.8. The zero-order valence-electron chi connectivity index (χ0n) is 10.4. The molecule has 0 unspecified atom stereocenters. The Morgan fingerprint density at radius 2 is 1.95 bits per heavy atom. The molecule has 1 rings (SSSR count). The van der Waals surface area contributed by atoms with E-state index in [0.717, 1.165) is 10.9 Å². The molecule has 5 nitrogen and oxygen atoms in total. The molecule has 0 spiro atoms. The second kappa shape index (κ2) is 7.78. The van der Waals surface area contributed by atoms with Crippen molar-refractivity contribution in [3.63, 3.8) is 0 Å². The molecule has 3 N–H and O–H groups in total. The van der Waals surface area contributed by atoms with E-state index < -0.39 is 5.97 Å². The maximum atomic E-state index is 11.8. The SMILES string of the molecule is O=C(O)CCCCCNC(=O)c1cc(Br)ccc1O. The molecule has 0 aliphatic carbocycles. The second-order valence-electron chi connectivity index (χ2n) is 4.12. The van der Waals surface area contributed by atoms with Gasteiger partial charge >= 0.3 is 5.97 Å². The molecule has 1 aromatic carbocycles. The Labute approximate surface area is 119 Å². The van der Waals surface area contributed by atoms with Crippen LogP contribution >= 0.6 is 15.9 Å². The molecule has 0 saturated heterocycles. The van der Waals surface area contributed by atoms with Crippen molar-refractivity contribution in [1.29, 1.82) is 0 Å². The number of halogens is 1. The first-order valence-electron chi connectivity index (χ1n) is 5.99. The lowest BCUT2D eigenvalue weighted by molar-refractivity contribution is -0.137. The smallest absolute Gasteiger partial charge is 0.303 e. The predicted octanol–water partition coefficient (Wildman–Crippen LogP) is 2.53. The van der Waals surface area contributed by atoms with Crippen molar-refractivity contribution in [3.05, 3.63) is 28.2 Å². The van der Waals surface area contributed by atoms with Gasteiger partial charge in [0.1, 0.15) is 5.75 Å². The third kappa shape index (κ3) is 5.74. The molecule has 1 aromatic rings.